The van der Waals surface area contributed by atoms with E-state index in [1.807, 2.05) is 12.1 Å². The number of hydrogen-bond acceptors (Lipinski definition) is 9. The van der Waals surface area contributed by atoms with Crippen LogP contribution >= 0.6 is 0 Å². The van der Waals surface area contributed by atoms with E-state index in [4.69, 9.17) is 4.98 Å². The first-order chi connectivity index (χ1) is 19.5. The summed E-state index contributed by atoms with van der Waals surface area (Å²) in [4.78, 5) is 39.8. The summed E-state index contributed by atoms with van der Waals surface area (Å²) in [6.45, 7) is 8.07. The molecule has 0 unspecified atom stereocenters. The molecular formula is C28H27FN10O. The van der Waals surface area contributed by atoms with E-state index >= 15 is 0 Å². The molecule has 0 aliphatic carbocycles. The van der Waals surface area contributed by atoms with Crippen molar-refractivity contribution in [1.29, 1.82) is 0 Å². The van der Waals surface area contributed by atoms with Crippen LogP contribution < -0.4 is 15.8 Å². The first-order valence-electron chi connectivity index (χ1n) is 12.9. The number of piperazine rings is 1. The number of anilines is 3. The molecule has 0 bridgehead atoms. The lowest BCUT2D eigenvalue weighted by Gasteiger charge is -2.34. The third kappa shape index (κ3) is 4.92. The molecule has 5 heterocycles. The van der Waals surface area contributed by atoms with E-state index in [0.29, 0.717) is 28.5 Å². The summed E-state index contributed by atoms with van der Waals surface area (Å²) in [5.74, 6) is 0.471. The van der Waals surface area contributed by atoms with E-state index in [-0.39, 0.29) is 17.9 Å². The summed E-state index contributed by atoms with van der Waals surface area (Å²) in [6.07, 6.45) is 5.29. The summed E-state index contributed by atoms with van der Waals surface area (Å²) >= 11 is 0. The van der Waals surface area contributed by atoms with Gasteiger partial charge in [-0.3, -0.25) is 4.79 Å². The van der Waals surface area contributed by atoms with E-state index < -0.39 is 5.82 Å². The Morgan fingerprint density at radius 3 is 2.45 bits per heavy atom. The van der Waals surface area contributed by atoms with Crippen molar-refractivity contribution in [3.05, 3.63) is 89.9 Å². The van der Waals surface area contributed by atoms with Crippen LogP contribution in [0.2, 0.25) is 0 Å². The van der Waals surface area contributed by atoms with Gasteiger partial charge in [0.2, 0.25) is 5.95 Å². The molecule has 11 nitrogen and oxygen atoms in total. The van der Waals surface area contributed by atoms with E-state index in [1.54, 1.807) is 29.0 Å². The molecule has 1 N–H and O–H groups in total. The van der Waals surface area contributed by atoms with Crippen LogP contribution in [-0.4, -0.2) is 72.4 Å². The van der Waals surface area contributed by atoms with Crippen molar-refractivity contribution in [3.8, 4) is 17.3 Å². The highest BCUT2D eigenvalue weighted by Crippen LogP contribution is 2.23. The molecule has 0 spiro atoms. The van der Waals surface area contributed by atoms with Crippen molar-refractivity contribution in [2.24, 2.45) is 0 Å². The van der Waals surface area contributed by atoms with Gasteiger partial charge in [-0.15, -0.1) is 6.58 Å². The minimum atomic E-state index is -0.540. The number of hydrogen-bond donors (Lipinski definition) is 1. The highest BCUT2D eigenvalue weighted by Gasteiger charge is 2.19. The smallest absolute Gasteiger partial charge is 0.278 e. The molecule has 1 saturated heterocycles. The van der Waals surface area contributed by atoms with Gasteiger partial charge in [0.25, 0.3) is 5.56 Å². The minimum Gasteiger partial charge on any atom is -0.369 e. The summed E-state index contributed by atoms with van der Waals surface area (Å²) in [6, 6.07) is 13.4. The quantitative estimate of drug-likeness (QED) is 0.312. The predicted molar refractivity (Wildman–Crippen MR) is 152 cm³/mol. The van der Waals surface area contributed by atoms with Crippen LogP contribution in [0.5, 0.6) is 0 Å². The standard InChI is InChI=1S/C28H27FN10O/c1-3-11-38-27(40)22-18-32-28(33-20-7-9-21(10-8-20)37-14-12-36(2)13-15-37)35-26(22)39(38)24-6-4-5-23(34-24)25-30-16-19(29)17-31-25/h3-10,16-18H,1,11-15H2,2H3,(H,32,33,35). The number of halogens is 1. The molecule has 12 heteroatoms. The topological polar surface area (TPSA) is 110 Å². The largest absolute Gasteiger partial charge is 0.369 e. The molecule has 4 aromatic heterocycles. The Morgan fingerprint density at radius 2 is 1.73 bits per heavy atom. The second-order valence-electron chi connectivity index (χ2n) is 9.49. The number of aromatic nitrogens is 7. The van der Waals surface area contributed by atoms with E-state index in [2.05, 4.69) is 60.8 Å². The van der Waals surface area contributed by atoms with Crippen LogP contribution in [0.15, 0.2) is 78.5 Å². The lowest BCUT2D eigenvalue weighted by atomic mass is 10.2. The Kier molecular flexibility index (Phi) is 6.74. The maximum Gasteiger partial charge on any atom is 0.278 e. The predicted octanol–water partition coefficient (Wildman–Crippen LogP) is 3.25. The van der Waals surface area contributed by atoms with Gasteiger partial charge in [-0.1, -0.05) is 12.1 Å². The highest BCUT2D eigenvalue weighted by molar-refractivity contribution is 5.77. The van der Waals surface area contributed by atoms with Crippen LogP contribution in [0.1, 0.15) is 0 Å². The second-order valence-corrected chi connectivity index (χ2v) is 9.49. The lowest BCUT2D eigenvalue weighted by Crippen LogP contribution is -2.44. The molecule has 1 fully saturated rings. The molecule has 0 amide bonds. The molecule has 0 atom stereocenters. The molecule has 6 rings (SSSR count). The fourth-order valence-electron chi connectivity index (χ4n) is 4.67. The Balaban J connectivity index is 1.35. The lowest BCUT2D eigenvalue weighted by molar-refractivity contribution is 0.313. The molecule has 0 radical (unpaired) electrons. The third-order valence-corrected chi connectivity index (χ3v) is 6.77. The van der Waals surface area contributed by atoms with Crippen LogP contribution in [0.3, 0.4) is 0 Å². The van der Waals surface area contributed by atoms with E-state index in [0.717, 1.165) is 44.3 Å². The number of fused-ring (bicyclic) bond motifs is 1. The van der Waals surface area contributed by atoms with E-state index in [9.17, 15) is 9.18 Å². The van der Waals surface area contributed by atoms with Crippen molar-refractivity contribution in [1.82, 2.24) is 39.2 Å². The van der Waals surface area contributed by atoms with Crippen LogP contribution in [0, 0.1) is 5.82 Å². The molecule has 0 saturated carbocycles. The maximum absolute atomic E-state index is 13.4. The summed E-state index contributed by atoms with van der Waals surface area (Å²) in [5, 5.41) is 3.58. The fourth-order valence-corrected chi connectivity index (χ4v) is 4.67. The molecule has 202 valence electrons. The van der Waals surface area contributed by atoms with Gasteiger partial charge < -0.3 is 15.1 Å². The number of rotatable bonds is 7. The first kappa shape index (κ1) is 25.3. The Labute approximate surface area is 229 Å². The Morgan fingerprint density at radius 1 is 0.975 bits per heavy atom. The summed E-state index contributed by atoms with van der Waals surface area (Å²) in [7, 11) is 2.14. The third-order valence-electron chi connectivity index (χ3n) is 6.77. The van der Waals surface area contributed by atoms with Crippen molar-refractivity contribution < 1.29 is 4.39 Å². The molecule has 40 heavy (non-hydrogen) atoms. The number of benzene rings is 1. The zero-order chi connectivity index (χ0) is 27.6. The number of nitrogens with one attached hydrogen (secondary N) is 1. The van der Waals surface area contributed by atoms with Crippen molar-refractivity contribution in [3.63, 3.8) is 0 Å². The molecule has 1 aliphatic heterocycles. The average molecular weight is 539 g/mol. The monoisotopic (exact) mass is 538 g/mol. The van der Waals surface area contributed by atoms with Crippen LogP contribution in [0.4, 0.5) is 21.7 Å². The van der Waals surface area contributed by atoms with Crippen LogP contribution in [0.25, 0.3) is 28.4 Å². The zero-order valence-corrected chi connectivity index (χ0v) is 21.9. The van der Waals surface area contributed by atoms with Gasteiger partial charge in [0, 0.05) is 43.8 Å². The van der Waals surface area contributed by atoms with Gasteiger partial charge in [0.05, 0.1) is 18.9 Å². The number of allylic oxidation sites excluding steroid dienone is 1. The molecule has 1 aromatic carbocycles. The van der Waals surface area contributed by atoms with Crippen molar-refractivity contribution >= 4 is 28.4 Å². The minimum absolute atomic E-state index is 0.227. The maximum atomic E-state index is 13.4. The van der Waals surface area contributed by atoms with Gasteiger partial charge in [-0.05, 0) is 43.4 Å². The average Bonchev–Trinajstić information content (AvgIpc) is 3.25. The molecular weight excluding hydrogens is 511 g/mol. The number of pyridine rings is 1. The fraction of sp³-hybridized carbons (Fsp3) is 0.214. The summed E-state index contributed by atoms with van der Waals surface area (Å²) in [5.41, 5.74) is 2.52. The van der Waals surface area contributed by atoms with Crippen molar-refractivity contribution in [2.75, 3.05) is 43.4 Å². The normalized spacial score (nSPS) is 14.0. The van der Waals surface area contributed by atoms with Crippen molar-refractivity contribution in [2.45, 2.75) is 6.54 Å². The van der Waals surface area contributed by atoms with Gasteiger partial charge in [0.1, 0.15) is 11.1 Å². The van der Waals surface area contributed by atoms with Gasteiger partial charge in [-0.25, -0.2) is 33.7 Å². The van der Waals surface area contributed by atoms with Gasteiger partial charge in [0.15, 0.2) is 23.1 Å². The highest BCUT2D eigenvalue weighted by atomic mass is 19.1. The SMILES string of the molecule is C=CCn1c(=O)c2cnc(Nc3ccc(N4CCN(C)CC4)cc3)nc2n1-c1cccc(-c2ncc(F)cn2)n1. The van der Waals surface area contributed by atoms with E-state index in [1.165, 1.54) is 16.6 Å². The first-order valence-corrected chi connectivity index (χ1v) is 12.9. The molecule has 5 aromatic rings. The Hall–Kier alpha value is -4.97. The van der Waals surface area contributed by atoms with Crippen LogP contribution in [-0.2, 0) is 6.54 Å². The summed E-state index contributed by atoms with van der Waals surface area (Å²) < 4.78 is 16.5. The number of nitrogens with zero attached hydrogens (tertiary/aromatic N) is 9. The second kappa shape index (κ2) is 10.7. The van der Waals surface area contributed by atoms with Gasteiger partial charge >= 0.3 is 0 Å². The molecule has 1 aliphatic rings. The van der Waals surface area contributed by atoms with Gasteiger partial charge in [-0.2, -0.15) is 4.98 Å². The number of likely N-dealkylation sites (N-methyl/N-ethyl adjacent to an activating group) is 1. The Bertz CT molecular complexity index is 1720. The zero-order valence-electron chi connectivity index (χ0n) is 21.9.